The summed E-state index contributed by atoms with van der Waals surface area (Å²) >= 11 is 0. The lowest BCUT2D eigenvalue weighted by Crippen LogP contribution is -2.26. The van der Waals surface area contributed by atoms with Crippen LogP contribution in [0.4, 0.5) is 4.39 Å². The van der Waals surface area contributed by atoms with Gasteiger partial charge in [0.2, 0.25) is 0 Å². The van der Waals surface area contributed by atoms with Gasteiger partial charge in [-0.1, -0.05) is 27.7 Å². The molecule has 2 heteroatoms. The van der Waals surface area contributed by atoms with E-state index in [1.165, 1.54) is 0 Å². The van der Waals surface area contributed by atoms with Gasteiger partial charge in [-0.05, 0) is 19.5 Å². The maximum atomic E-state index is 11.7. The standard InChI is InChI=1S/C7H16FN.C2H6/c1-3-6-9(4-2)7-5-8;1-2/h3-7H2,1-2H3;1-2H3. The van der Waals surface area contributed by atoms with Crippen LogP contribution >= 0.6 is 0 Å². The van der Waals surface area contributed by atoms with Gasteiger partial charge >= 0.3 is 0 Å². The third-order valence-corrected chi connectivity index (χ3v) is 1.39. The summed E-state index contributed by atoms with van der Waals surface area (Å²) in [5.74, 6) is 0. The van der Waals surface area contributed by atoms with Crippen LogP contribution in [-0.2, 0) is 0 Å². The zero-order chi connectivity index (χ0) is 9.11. The summed E-state index contributed by atoms with van der Waals surface area (Å²) in [4.78, 5) is 2.11. The van der Waals surface area contributed by atoms with Crippen LogP contribution in [0.5, 0.6) is 0 Å². The van der Waals surface area contributed by atoms with E-state index in [9.17, 15) is 4.39 Å². The van der Waals surface area contributed by atoms with Crippen LogP contribution in [0.3, 0.4) is 0 Å². The van der Waals surface area contributed by atoms with Gasteiger partial charge < -0.3 is 4.90 Å². The smallest absolute Gasteiger partial charge is 0.102 e. The quantitative estimate of drug-likeness (QED) is 0.602. The molecule has 11 heavy (non-hydrogen) atoms. The van der Waals surface area contributed by atoms with Gasteiger partial charge in [-0.25, -0.2) is 4.39 Å². The van der Waals surface area contributed by atoms with Crippen molar-refractivity contribution in [3.8, 4) is 0 Å². The molecule has 0 heterocycles. The lowest BCUT2D eigenvalue weighted by atomic mass is 10.4. The number of rotatable bonds is 5. The minimum absolute atomic E-state index is 0.214. The Kier molecular flexibility index (Phi) is 15.4. The number of hydrogen-bond acceptors (Lipinski definition) is 1. The molecule has 0 spiro atoms. The Morgan fingerprint density at radius 1 is 1.09 bits per heavy atom. The summed E-state index contributed by atoms with van der Waals surface area (Å²) in [6, 6.07) is 0. The highest BCUT2D eigenvalue weighted by Crippen LogP contribution is 1.89. The van der Waals surface area contributed by atoms with Crippen molar-refractivity contribution in [2.45, 2.75) is 34.1 Å². The van der Waals surface area contributed by atoms with E-state index < -0.39 is 0 Å². The first-order valence-electron chi connectivity index (χ1n) is 4.63. The highest BCUT2D eigenvalue weighted by molar-refractivity contribution is 4.51. The maximum absolute atomic E-state index is 11.7. The van der Waals surface area contributed by atoms with Crippen molar-refractivity contribution >= 4 is 0 Å². The maximum Gasteiger partial charge on any atom is 0.102 e. The van der Waals surface area contributed by atoms with E-state index >= 15 is 0 Å². The molecule has 0 bridgehead atoms. The Morgan fingerprint density at radius 2 is 1.64 bits per heavy atom. The monoisotopic (exact) mass is 163 g/mol. The van der Waals surface area contributed by atoms with Crippen molar-refractivity contribution in [2.24, 2.45) is 0 Å². The Labute approximate surface area is 70.6 Å². The molecule has 0 aromatic carbocycles. The van der Waals surface area contributed by atoms with Crippen LogP contribution in [0.1, 0.15) is 34.1 Å². The van der Waals surface area contributed by atoms with Gasteiger partial charge in [0.1, 0.15) is 6.67 Å². The van der Waals surface area contributed by atoms with E-state index in [0.717, 1.165) is 19.5 Å². The fourth-order valence-electron chi connectivity index (χ4n) is 0.864. The van der Waals surface area contributed by atoms with Crippen molar-refractivity contribution in [1.29, 1.82) is 0 Å². The molecular formula is C9H22FN. The second kappa shape index (κ2) is 12.6. The summed E-state index contributed by atoms with van der Waals surface area (Å²) in [6.07, 6.45) is 1.12. The van der Waals surface area contributed by atoms with E-state index in [1.54, 1.807) is 0 Å². The van der Waals surface area contributed by atoms with Crippen molar-refractivity contribution < 1.29 is 4.39 Å². The van der Waals surface area contributed by atoms with Crippen molar-refractivity contribution in [1.82, 2.24) is 4.90 Å². The van der Waals surface area contributed by atoms with E-state index in [0.29, 0.717) is 6.54 Å². The molecule has 70 valence electrons. The molecule has 0 aliphatic rings. The number of halogens is 1. The van der Waals surface area contributed by atoms with E-state index in [1.807, 2.05) is 13.8 Å². The zero-order valence-corrected chi connectivity index (χ0v) is 8.36. The fraction of sp³-hybridized carbons (Fsp3) is 1.00. The summed E-state index contributed by atoms with van der Waals surface area (Å²) in [7, 11) is 0. The molecule has 0 radical (unpaired) electrons. The van der Waals surface area contributed by atoms with Gasteiger partial charge in [-0.3, -0.25) is 0 Å². The van der Waals surface area contributed by atoms with Gasteiger partial charge in [0.05, 0.1) is 0 Å². The molecule has 0 saturated heterocycles. The van der Waals surface area contributed by atoms with Gasteiger partial charge in [-0.15, -0.1) is 0 Å². The number of nitrogens with zero attached hydrogens (tertiary/aromatic N) is 1. The molecule has 0 amide bonds. The van der Waals surface area contributed by atoms with Crippen LogP contribution in [0.2, 0.25) is 0 Å². The molecule has 0 N–H and O–H groups in total. The average molecular weight is 163 g/mol. The largest absolute Gasteiger partial charge is 0.301 e. The van der Waals surface area contributed by atoms with Crippen molar-refractivity contribution in [2.75, 3.05) is 26.3 Å². The van der Waals surface area contributed by atoms with Crippen LogP contribution in [-0.4, -0.2) is 31.2 Å². The summed E-state index contributed by atoms with van der Waals surface area (Å²) < 4.78 is 11.7. The van der Waals surface area contributed by atoms with Gasteiger partial charge in [0.25, 0.3) is 0 Å². The normalized spacial score (nSPS) is 9.27. The van der Waals surface area contributed by atoms with Crippen LogP contribution in [0.25, 0.3) is 0 Å². The molecule has 0 rings (SSSR count). The van der Waals surface area contributed by atoms with Crippen LogP contribution in [0.15, 0.2) is 0 Å². The molecule has 0 aliphatic heterocycles. The Hall–Kier alpha value is -0.110. The highest BCUT2D eigenvalue weighted by atomic mass is 19.1. The molecule has 0 atom stereocenters. The molecule has 0 aliphatic carbocycles. The number of alkyl halides is 1. The first-order valence-corrected chi connectivity index (χ1v) is 4.63. The van der Waals surface area contributed by atoms with Crippen LogP contribution in [0, 0.1) is 0 Å². The summed E-state index contributed by atoms with van der Waals surface area (Å²) in [5.41, 5.74) is 0. The van der Waals surface area contributed by atoms with E-state index in [4.69, 9.17) is 0 Å². The first-order chi connectivity index (χ1) is 5.35. The van der Waals surface area contributed by atoms with Gasteiger partial charge in [-0.2, -0.15) is 0 Å². The molecule has 0 aromatic heterocycles. The fourth-order valence-corrected chi connectivity index (χ4v) is 0.864. The van der Waals surface area contributed by atoms with Crippen molar-refractivity contribution in [3.63, 3.8) is 0 Å². The Morgan fingerprint density at radius 3 is 1.91 bits per heavy atom. The van der Waals surface area contributed by atoms with Gasteiger partial charge in [0.15, 0.2) is 0 Å². The minimum atomic E-state index is -0.214. The molecule has 0 unspecified atom stereocenters. The average Bonchev–Trinajstić information content (AvgIpc) is 2.08. The number of hydrogen-bond donors (Lipinski definition) is 0. The zero-order valence-electron chi connectivity index (χ0n) is 8.36. The first kappa shape index (κ1) is 13.5. The molecule has 0 aromatic rings. The Bertz CT molecular complexity index is 51.5. The van der Waals surface area contributed by atoms with Gasteiger partial charge in [0, 0.05) is 6.54 Å². The van der Waals surface area contributed by atoms with Crippen LogP contribution < -0.4 is 0 Å². The molecular weight excluding hydrogens is 141 g/mol. The second-order valence-corrected chi connectivity index (χ2v) is 2.12. The Balaban J connectivity index is 0. The second-order valence-electron chi connectivity index (χ2n) is 2.12. The van der Waals surface area contributed by atoms with E-state index in [2.05, 4.69) is 18.7 Å². The topological polar surface area (TPSA) is 3.24 Å². The van der Waals surface area contributed by atoms with Crippen molar-refractivity contribution in [3.05, 3.63) is 0 Å². The molecule has 1 nitrogen and oxygen atoms in total. The predicted molar refractivity (Wildman–Crippen MR) is 49.7 cm³/mol. The lowest BCUT2D eigenvalue weighted by molar-refractivity contribution is 0.260. The predicted octanol–water partition coefficient (Wildman–Crippen LogP) is 2.71. The third-order valence-electron chi connectivity index (χ3n) is 1.39. The van der Waals surface area contributed by atoms with E-state index in [-0.39, 0.29) is 6.67 Å². The summed E-state index contributed by atoms with van der Waals surface area (Å²) in [6.45, 7) is 10.6. The minimum Gasteiger partial charge on any atom is -0.301 e. The summed E-state index contributed by atoms with van der Waals surface area (Å²) in [5, 5.41) is 0. The highest BCUT2D eigenvalue weighted by Gasteiger charge is 1.97. The SMILES string of the molecule is CC.CCCN(CC)CCF. The lowest BCUT2D eigenvalue weighted by Gasteiger charge is -2.16. The molecule has 0 saturated carbocycles. The third kappa shape index (κ3) is 9.89. The molecule has 0 fully saturated rings.